The van der Waals surface area contributed by atoms with Crippen LogP contribution in [0.4, 0.5) is 0 Å². The van der Waals surface area contributed by atoms with Crippen molar-refractivity contribution < 1.29 is 0 Å². The molecule has 0 amide bonds. The molecule has 0 radical (unpaired) electrons. The van der Waals surface area contributed by atoms with Gasteiger partial charge in [-0.3, -0.25) is 0 Å². The highest BCUT2D eigenvalue weighted by Gasteiger charge is 2.30. The summed E-state index contributed by atoms with van der Waals surface area (Å²) in [5, 5.41) is 0. The predicted molar refractivity (Wildman–Crippen MR) is 104 cm³/mol. The molecular formula is C22H39N. The Morgan fingerprint density at radius 3 is 2.00 bits per heavy atom. The normalized spacial score (nSPS) is 23.9. The average Bonchev–Trinajstić information content (AvgIpc) is 2.57. The average molecular weight is 318 g/mol. The Morgan fingerprint density at radius 1 is 0.957 bits per heavy atom. The summed E-state index contributed by atoms with van der Waals surface area (Å²) in [6, 6.07) is 10.9. The van der Waals surface area contributed by atoms with Crippen molar-refractivity contribution >= 4 is 0 Å². The van der Waals surface area contributed by atoms with Gasteiger partial charge in [-0.05, 0) is 55.5 Å². The van der Waals surface area contributed by atoms with Gasteiger partial charge < -0.3 is 5.73 Å². The summed E-state index contributed by atoms with van der Waals surface area (Å²) in [5.74, 6) is 0.781. The molecule has 0 aromatic heterocycles. The quantitative estimate of drug-likeness (QED) is 0.582. The van der Waals surface area contributed by atoms with Crippen LogP contribution in [0.5, 0.6) is 0 Å². The van der Waals surface area contributed by atoms with Crippen molar-refractivity contribution in [1.82, 2.24) is 0 Å². The Bertz CT molecular complexity index is 372. The van der Waals surface area contributed by atoms with Gasteiger partial charge in [0.25, 0.3) is 0 Å². The van der Waals surface area contributed by atoms with Crippen LogP contribution in [-0.4, -0.2) is 6.54 Å². The minimum atomic E-state index is 0.507. The fraction of sp³-hybridized carbons (Fsp3) is 0.727. The van der Waals surface area contributed by atoms with Crippen molar-refractivity contribution in [3.63, 3.8) is 0 Å². The van der Waals surface area contributed by atoms with E-state index in [1.54, 1.807) is 0 Å². The van der Waals surface area contributed by atoms with Crippen LogP contribution in [0.1, 0.15) is 84.1 Å². The van der Waals surface area contributed by atoms with Crippen LogP contribution >= 0.6 is 0 Å². The lowest BCUT2D eigenvalue weighted by Gasteiger charge is -2.37. The van der Waals surface area contributed by atoms with Crippen molar-refractivity contribution in [3.8, 4) is 0 Å². The van der Waals surface area contributed by atoms with Crippen molar-refractivity contribution in [1.29, 1.82) is 0 Å². The van der Waals surface area contributed by atoms with Crippen LogP contribution < -0.4 is 5.73 Å². The first kappa shape index (κ1) is 20.2. The number of unbranched alkanes of at least 4 members (excludes halogenated alkanes) is 4. The predicted octanol–water partition coefficient (Wildman–Crippen LogP) is 6.36. The first-order valence-corrected chi connectivity index (χ1v) is 9.87. The zero-order chi connectivity index (χ0) is 17.0. The molecule has 1 aromatic carbocycles. The van der Waals surface area contributed by atoms with E-state index < -0.39 is 0 Å². The van der Waals surface area contributed by atoms with Crippen LogP contribution in [0.3, 0.4) is 0 Å². The second kappa shape index (κ2) is 11.7. The number of hydrogen-bond acceptors (Lipinski definition) is 1. The van der Waals surface area contributed by atoms with E-state index in [9.17, 15) is 0 Å². The summed E-state index contributed by atoms with van der Waals surface area (Å²) in [4.78, 5) is 0. The third kappa shape index (κ3) is 8.55. The van der Waals surface area contributed by atoms with Crippen LogP contribution in [0.25, 0.3) is 0 Å². The molecule has 2 rings (SSSR count). The molecule has 1 aliphatic rings. The van der Waals surface area contributed by atoms with Gasteiger partial charge in [-0.25, -0.2) is 0 Å². The van der Waals surface area contributed by atoms with E-state index in [4.69, 9.17) is 5.73 Å². The lowest BCUT2D eigenvalue weighted by atomic mass is 9.69. The maximum absolute atomic E-state index is 5.74. The standard InChI is InChI=1S/C15H23N.C7H16/c1-15(9-7-14(12-16)8-10-15)11-13-5-3-2-4-6-13;1-3-5-7-6-4-2/h2-6,14H,7-12,16H2,1H3;3-7H2,1-2H3. The maximum atomic E-state index is 5.74. The van der Waals surface area contributed by atoms with Crippen LogP contribution in [-0.2, 0) is 6.42 Å². The number of benzene rings is 1. The van der Waals surface area contributed by atoms with Gasteiger partial charge in [-0.2, -0.15) is 0 Å². The first-order valence-electron chi connectivity index (χ1n) is 9.87. The van der Waals surface area contributed by atoms with E-state index in [1.807, 2.05) is 0 Å². The Morgan fingerprint density at radius 2 is 1.52 bits per heavy atom. The van der Waals surface area contributed by atoms with Gasteiger partial charge in [0.2, 0.25) is 0 Å². The summed E-state index contributed by atoms with van der Waals surface area (Å²) in [6.07, 6.45) is 13.5. The Kier molecular flexibility index (Phi) is 10.3. The first-order chi connectivity index (χ1) is 11.1. The van der Waals surface area contributed by atoms with Gasteiger partial charge in [0.15, 0.2) is 0 Å². The molecule has 0 spiro atoms. The molecule has 1 heteroatoms. The van der Waals surface area contributed by atoms with Crippen LogP contribution in [0, 0.1) is 11.3 Å². The van der Waals surface area contributed by atoms with E-state index in [-0.39, 0.29) is 0 Å². The highest BCUT2D eigenvalue weighted by atomic mass is 14.6. The van der Waals surface area contributed by atoms with E-state index in [1.165, 1.54) is 69.8 Å². The summed E-state index contributed by atoms with van der Waals surface area (Å²) in [6.45, 7) is 7.81. The second-order valence-corrected chi connectivity index (χ2v) is 7.71. The molecule has 0 heterocycles. The smallest absolute Gasteiger partial charge is 0.00489 e. The second-order valence-electron chi connectivity index (χ2n) is 7.71. The molecule has 1 nitrogen and oxygen atoms in total. The van der Waals surface area contributed by atoms with Crippen molar-refractivity contribution in [2.75, 3.05) is 6.54 Å². The highest BCUT2D eigenvalue weighted by molar-refractivity contribution is 5.16. The molecule has 0 atom stereocenters. The lowest BCUT2D eigenvalue weighted by Crippen LogP contribution is -2.29. The maximum Gasteiger partial charge on any atom is -0.00489 e. The van der Waals surface area contributed by atoms with E-state index in [0.29, 0.717) is 5.41 Å². The SMILES string of the molecule is CC1(Cc2ccccc2)CCC(CN)CC1.CCCCCCC. The topological polar surface area (TPSA) is 26.0 Å². The molecule has 0 aliphatic heterocycles. The minimum Gasteiger partial charge on any atom is -0.330 e. The van der Waals surface area contributed by atoms with Gasteiger partial charge >= 0.3 is 0 Å². The Balaban J connectivity index is 0.000000322. The third-order valence-corrected chi connectivity index (χ3v) is 5.33. The Labute approximate surface area is 145 Å². The highest BCUT2D eigenvalue weighted by Crippen LogP contribution is 2.40. The molecule has 0 saturated heterocycles. The summed E-state index contributed by atoms with van der Waals surface area (Å²) < 4.78 is 0. The molecule has 1 fully saturated rings. The number of nitrogens with two attached hydrogens (primary N) is 1. The fourth-order valence-corrected chi connectivity index (χ4v) is 3.55. The molecule has 132 valence electrons. The molecular weight excluding hydrogens is 278 g/mol. The largest absolute Gasteiger partial charge is 0.330 e. The molecule has 23 heavy (non-hydrogen) atoms. The molecule has 0 unspecified atom stereocenters. The van der Waals surface area contributed by atoms with Gasteiger partial charge in [-0.15, -0.1) is 0 Å². The zero-order valence-corrected chi connectivity index (χ0v) is 15.8. The van der Waals surface area contributed by atoms with Crippen molar-refractivity contribution in [2.45, 2.75) is 85.0 Å². The van der Waals surface area contributed by atoms with Gasteiger partial charge in [0.05, 0.1) is 0 Å². The van der Waals surface area contributed by atoms with E-state index >= 15 is 0 Å². The minimum absolute atomic E-state index is 0.507. The van der Waals surface area contributed by atoms with E-state index in [0.717, 1.165) is 12.5 Å². The summed E-state index contributed by atoms with van der Waals surface area (Å²) in [5.41, 5.74) is 7.73. The molecule has 2 N–H and O–H groups in total. The van der Waals surface area contributed by atoms with Gasteiger partial charge in [-0.1, -0.05) is 83.2 Å². The van der Waals surface area contributed by atoms with Crippen LogP contribution in [0.15, 0.2) is 30.3 Å². The molecule has 0 bridgehead atoms. The van der Waals surface area contributed by atoms with Gasteiger partial charge in [0, 0.05) is 0 Å². The third-order valence-electron chi connectivity index (χ3n) is 5.33. The van der Waals surface area contributed by atoms with Gasteiger partial charge in [0.1, 0.15) is 0 Å². The van der Waals surface area contributed by atoms with Crippen LogP contribution in [0.2, 0.25) is 0 Å². The molecule has 1 aliphatic carbocycles. The number of rotatable bonds is 7. The summed E-state index contributed by atoms with van der Waals surface area (Å²) >= 11 is 0. The zero-order valence-electron chi connectivity index (χ0n) is 15.8. The van der Waals surface area contributed by atoms with Crippen molar-refractivity contribution in [3.05, 3.63) is 35.9 Å². The molecule has 1 aromatic rings. The molecule has 1 saturated carbocycles. The van der Waals surface area contributed by atoms with Crippen molar-refractivity contribution in [2.24, 2.45) is 17.1 Å². The number of hydrogen-bond donors (Lipinski definition) is 1. The lowest BCUT2D eigenvalue weighted by molar-refractivity contribution is 0.172. The Hall–Kier alpha value is -0.820. The monoisotopic (exact) mass is 317 g/mol. The summed E-state index contributed by atoms with van der Waals surface area (Å²) in [7, 11) is 0. The fourth-order valence-electron chi connectivity index (χ4n) is 3.55. The van der Waals surface area contributed by atoms with E-state index in [2.05, 4.69) is 51.1 Å².